The van der Waals surface area contributed by atoms with Crippen molar-refractivity contribution in [2.45, 2.75) is 24.4 Å². The Bertz CT molecular complexity index is 809. The van der Waals surface area contributed by atoms with E-state index in [4.69, 9.17) is 4.74 Å². The summed E-state index contributed by atoms with van der Waals surface area (Å²) in [5.74, 6) is 0.690. The van der Waals surface area contributed by atoms with Crippen LogP contribution in [0.5, 0.6) is 5.75 Å². The highest BCUT2D eigenvalue weighted by molar-refractivity contribution is 7.89. The molecule has 1 aliphatic rings. The van der Waals surface area contributed by atoms with Gasteiger partial charge in [-0.3, -0.25) is 4.68 Å². The molecule has 1 aromatic carbocycles. The minimum absolute atomic E-state index is 0. The third-order valence-corrected chi connectivity index (χ3v) is 6.09. The second kappa shape index (κ2) is 8.18. The van der Waals surface area contributed by atoms with Crippen molar-refractivity contribution in [3.05, 3.63) is 42.2 Å². The van der Waals surface area contributed by atoms with Gasteiger partial charge in [0.25, 0.3) is 0 Å². The fourth-order valence-corrected chi connectivity index (χ4v) is 4.53. The Labute approximate surface area is 154 Å². The molecule has 1 fully saturated rings. The molecule has 1 saturated heterocycles. The lowest BCUT2D eigenvalue weighted by Crippen LogP contribution is -2.48. The lowest BCUT2D eigenvalue weighted by molar-refractivity contribution is 0.264. The summed E-state index contributed by atoms with van der Waals surface area (Å²) in [6.07, 6.45) is 3.00. The van der Waals surface area contributed by atoms with Crippen molar-refractivity contribution in [1.29, 1.82) is 0 Å². The zero-order valence-electron chi connectivity index (χ0n) is 14.3. The molecule has 0 amide bonds. The standard InChI is InChI=1S/C16H22N4O3S.ClH/c1-3-19-12-13(10-18-19)24(21,22)20-9-8-17-11-15(20)14-6-4-5-7-16(14)23-2;/h4-7,10,12,15,17H,3,8-9,11H2,1-2H3;1H. The Morgan fingerprint density at radius 3 is 2.80 bits per heavy atom. The van der Waals surface area contributed by atoms with E-state index in [-0.39, 0.29) is 23.3 Å². The Morgan fingerprint density at radius 2 is 2.12 bits per heavy atom. The van der Waals surface area contributed by atoms with Gasteiger partial charge in [-0.15, -0.1) is 12.4 Å². The lowest BCUT2D eigenvalue weighted by atomic mass is 10.0. The van der Waals surface area contributed by atoms with E-state index in [0.717, 1.165) is 5.56 Å². The summed E-state index contributed by atoms with van der Waals surface area (Å²) in [6.45, 7) is 4.12. The fraction of sp³-hybridized carbons (Fsp3) is 0.438. The number of hydrogen-bond donors (Lipinski definition) is 1. The lowest BCUT2D eigenvalue weighted by Gasteiger charge is -2.35. The summed E-state index contributed by atoms with van der Waals surface area (Å²) in [7, 11) is -2.02. The maximum atomic E-state index is 13.1. The number of nitrogens with zero attached hydrogens (tertiary/aromatic N) is 3. The van der Waals surface area contributed by atoms with Gasteiger partial charge in [0.1, 0.15) is 10.6 Å². The van der Waals surface area contributed by atoms with Gasteiger partial charge in [-0.1, -0.05) is 18.2 Å². The second-order valence-electron chi connectivity index (χ2n) is 5.61. The van der Waals surface area contributed by atoms with Crippen molar-refractivity contribution in [2.24, 2.45) is 0 Å². The van der Waals surface area contributed by atoms with Crippen molar-refractivity contribution < 1.29 is 13.2 Å². The summed E-state index contributed by atoms with van der Waals surface area (Å²) in [5.41, 5.74) is 0.860. The van der Waals surface area contributed by atoms with E-state index >= 15 is 0 Å². The molecule has 1 aromatic heterocycles. The Morgan fingerprint density at radius 1 is 1.36 bits per heavy atom. The molecule has 2 heterocycles. The minimum Gasteiger partial charge on any atom is -0.496 e. The number of sulfonamides is 1. The number of rotatable bonds is 5. The third kappa shape index (κ3) is 3.82. The van der Waals surface area contributed by atoms with Gasteiger partial charge < -0.3 is 10.1 Å². The molecule has 9 heteroatoms. The zero-order valence-corrected chi connectivity index (χ0v) is 15.9. The van der Waals surface area contributed by atoms with Crippen LogP contribution < -0.4 is 10.1 Å². The zero-order chi connectivity index (χ0) is 17.2. The van der Waals surface area contributed by atoms with Crippen molar-refractivity contribution in [3.63, 3.8) is 0 Å². The number of halogens is 1. The molecule has 0 radical (unpaired) electrons. The maximum Gasteiger partial charge on any atom is 0.246 e. The van der Waals surface area contributed by atoms with Gasteiger partial charge in [-0.2, -0.15) is 9.40 Å². The number of nitrogens with one attached hydrogen (secondary N) is 1. The summed E-state index contributed by atoms with van der Waals surface area (Å²) in [5, 5.41) is 7.37. The average Bonchev–Trinajstić information content (AvgIpc) is 3.12. The molecule has 0 aliphatic carbocycles. The van der Waals surface area contributed by atoms with Crippen LogP contribution in [0.3, 0.4) is 0 Å². The summed E-state index contributed by atoms with van der Waals surface area (Å²) in [4.78, 5) is 0.228. The van der Waals surface area contributed by atoms with Gasteiger partial charge in [0, 0.05) is 37.9 Å². The monoisotopic (exact) mass is 386 g/mol. The van der Waals surface area contributed by atoms with E-state index in [1.54, 1.807) is 22.3 Å². The van der Waals surface area contributed by atoms with Gasteiger partial charge in [-0.25, -0.2) is 8.42 Å². The first-order valence-electron chi connectivity index (χ1n) is 7.96. The van der Waals surface area contributed by atoms with Crippen LogP contribution in [0.15, 0.2) is 41.6 Å². The van der Waals surface area contributed by atoms with Crippen molar-refractivity contribution >= 4 is 22.4 Å². The highest BCUT2D eigenvalue weighted by Crippen LogP contribution is 2.33. The molecule has 3 rings (SSSR count). The highest BCUT2D eigenvalue weighted by atomic mass is 35.5. The molecule has 2 aromatic rings. The van der Waals surface area contributed by atoms with Gasteiger partial charge in [-0.05, 0) is 13.0 Å². The Hall–Kier alpha value is -1.61. The molecule has 1 atom stereocenters. The molecule has 138 valence electrons. The molecular formula is C16H23ClN4O3S. The molecule has 0 saturated carbocycles. The van der Waals surface area contributed by atoms with E-state index in [1.165, 1.54) is 6.20 Å². The summed E-state index contributed by atoms with van der Waals surface area (Å²) >= 11 is 0. The van der Waals surface area contributed by atoms with Gasteiger partial charge in [0.2, 0.25) is 10.0 Å². The SMILES string of the molecule is CCn1cc(S(=O)(=O)N2CCNCC2c2ccccc2OC)cn1.Cl. The number of piperazine rings is 1. The molecule has 7 nitrogen and oxygen atoms in total. The second-order valence-corrected chi connectivity index (χ2v) is 7.50. The largest absolute Gasteiger partial charge is 0.496 e. The molecular weight excluding hydrogens is 364 g/mol. The minimum atomic E-state index is -3.62. The summed E-state index contributed by atoms with van der Waals surface area (Å²) < 4.78 is 34.8. The van der Waals surface area contributed by atoms with E-state index < -0.39 is 10.0 Å². The molecule has 1 N–H and O–H groups in total. The van der Waals surface area contributed by atoms with Crippen LogP contribution in [0.2, 0.25) is 0 Å². The number of hydrogen-bond acceptors (Lipinski definition) is 5. The average molecular weight is 387 g/mol. The van der Waals surface area contributed by atoms with E-state index in [9.17, 15) is 8.42 Å². The van der Waals surface area contributed by atoms with Gasteiger partial charge >= 0.3 is 0 Å². The normalized spacial score (nSPS) is 18.6. The first-order chi connectivity index (χ1) is 11.6. The topological polar surface area (TPSA) is 76.5 Å². The van der Waals surface area contributed by atoms with Crippen LogP contribution in [0, 0.1) is 0 Å². The van der Waals surface area contributed by atoms with Gasteiger partial charge in [0.05, 0.1) is 19.3 Å². The first kappa shape index (κ1) is 19.7. The van der Waals surface area contributed by atoms with Crippen LogP contribution in [-0.4, -0.2) is 49.2 Å². The van der Waals surface area contributed by atoms with Crippen LogP contribution in [0.4, 0.5) is 0 Å². The maximum absolute atomic E-state index is 13.1. The number of ether oxygens (including phenoxy) is 1. The van der Waals surface area contributed by atoms with Crippen LogP contribution in [0.1, 0.15) is 18.5 Å². The molecule has 1 aliphatic heterocycles. The third-order valence-electron chi connectivity index (χ3n) is 4.23. The van der Waals surface area contributed by atoms with Crippen LogP contribution >= 0.6 is 12.4 Å². The number of aryl methyl sites for hydroxylation is 1. The highest BCUT2D eigenvalue weighted by Gasteiger charge is 2.36. The first-order valence-corrected chi connectivity index (χ1v) is 9.40. The molecule has 25 heavy (non-hydrogen) atoms. The smallest absolute Gasteiger partial charge is 0.246 e. The van der Waals surface area contributed by atoms with Crippen molar-refractivity contribution in [1.82, 2.24) is 19.4 Å². The predicted octanol–water partition coefficient (Wildman–Crippen LogP) is 1.67. The number of para-hydroxylation sites is 1. The summed E-state index contributed by atoms with van der Waals surface area (Å²) in [6, 6.07) is 7.22. The fourth-order valence-electron chi connectivity index (χ4n) is 2.97. The number of aromatic nitrogens is 2. The van der Waals surface area contributed by atoms with E-state index in [2.05, 4.69) is 10.4 Å². The Balaban J connectivity index is 0.00000225. The van der Waals surface area contributed by atoms with E-state index in [0.29, 0.717) is 31.9 Å². The predicted molar refractivity (Wildman–Crippen MR) is 97.6 cm³/mol. The molecule has 0 bridgehead atoms. The molecule has 1 unspecified atom stereocenters. The number of methoxy groups -OCH3 is 1. The van der Waals surface area contributed by atoms with Crippen LogP contribution in [0.25, 0.3) is 0 Å². The van der Waals surface area contributed by atoms with Gasteiger partial charge in [0.15, 0.2) is 0 Å². The van der Waals surface area contributed by atoms with Crippen LogP contribution in [-0.2, 0) is 16.6 Å². The quantitative estimate of drug-likeness (QED) is 0.845. The van der Waals surface area contributed by atoms with Crippen molar-refractivity contribution in [2.75, 3.05) is 26.7 Å². The van der Waals surface area contributed by atoms with E-state index in [1.807, 2.05) is 31.2 Å². The Kier molecular flexibility index (Phi) is 6.45. The molecule has 0 spiro atoms. The van der Waals surface area contributed by atoms with Crippen molar-refractivity contribution in [3.8, 4) is 5.75 Å². The number of benzene rings is 1.